The molecule has 1 amide bonds. The highest BCUT2D eigenvalue weighted by molar-refractivity contribution is 7.99. The van der Waals surface area contributed by atoms with Gasteiger partial charge < -0.3 is 19.2 Å². The highest BCUT2D eigenvalue weighted by Crippen LogP contribution is 2.29. The van der Waals surface area contributed by atoms with E-state index in [0.29, 0.717) is 37.2 Å². The molecule has 3 aromatic rings. The van der Waals surface area contributed by atoms with Crippen LogP contribution in [0.5, 0.6) is 11.5 Å². The van der Waals surface area contributed by atoms with E-state index < -0.39 is 0 Å². The van der Waals surface area contributed by atoms with Gasteiger partial charge in [0.05, 0.1) is 24.7 Å². The number of rotatable bonds is 13. The van der Waals surface area contributed by atoms with E-state index >= 15 is 0 Å². The lowest BCUT2D eigenvalue weighted by Crippen LogP contribution is -2.27. The fourth-order valence-corrected chi connectivity index (χ4v) is 4.31. The zero-order valence-electron chi connectivity index (χ0n) is 20.5. The minimum Gasteiger partial charge on any atom is -0.490 e. The molecule has 0 saturated carbocycles. The normalized spacial score (nSPS) is 10.8. The predicted molar refractivity (Wildman–Crippen MR) is 138 cm³/mol. The maximum atomic E-state index is 12.3. The quantitative estimate of drug-likeness (QED) is 0.342. The van der Waals surface area contributed by atoms with Gasteiger partial charge in [0, 0.05) is 17.9 Å². The van der Waals surface area contributed by atoms with Gasteiger partial charge in [0.1, 0.15) is 5.76 Å². The van der Waals surface area contributed by atoms with Crippen LogP contribution >= 0.6 is 11.8 Å². The molecule has 1 heterocycles. The van der Waals surface area contributed by atoms with E-state index in [9.17, 15) is 4.79 Å². The molecule has 0 fully saturated rings. The van der Waals surface area contributed by atoms with E-state index in [1.54, 1.807) is 0 Å². The van der Waals surface area contributed by atoms with Crippen LogP contribution in [0.1, 0.15) is 43.4 Å². The number of benzene rings is 2. The van der Waals surface area contributed by atoms with Gasteiger partial charge >= 0.3 is 0 Å². The Labute approximate surface area is 206 Å². The summed E-state index contributed by atoms with van der Waals surface area (Å²) in [5.74, 6) is 3.93. The van der Waals surface area contributed by atoms with Crippen LogP contribution in [0.3, 0.4) is 0 Å². The number of hydrogen-bond donors (Lipinski definition) is 1. The molecule has 0 aliphatic carbocycles. The minimum absolute atomic E-state index is 0.0116. The molecule has 0 aliphatic heterocycles. The van der Waals surface area contributed by atoms with Crippen molar-refractivity contribution in [3.63, 3.8) is 0 Å². The predicted octanol–water partition coefficient (Wildman–Crippen LogP) is 5.60. The van der Waals surface area contributed by atoms with Crippen molar-refractivity contribution in [2.24, 2.45) is 0 Å². The Hall–Kier alpha value is -2.93. The van der Waals surface area contributed by atoms with Gasteiger partial charge in [0.15, 0.2) is 11.5 Å². The summed E-state index contributed by atoms with van der Waals surface area (Å²) in [6.45, 7) is 9.69. The fraction of sp³-hybridized carbons (Fsp3) is 0.407. The van der Waals surface area contributed by atoms with Crippen LogP contribution in [0.15, 0.2) is 46.9 Å². The lowest BCUT2D eigenvalue weighted by atomic mass is 10.1. The molecular weight excluding hydrogens is 448 g/mol. The summed E-state index contributed by atoms with van der Waals surface area (Å²) in [5, 5.41) is 2.99. The van der Waals surface area contributed by atoms with Crippen LogP contribution in [0.4, 0.5) is 0 Å². The summed E-state index contributed by atoms with van der Waals surface area (Å²) in [5.41, 5.74) is 4.23. The number of carbonyl (C=O) groups is 1. The summed E-state index contributed by atoms with van der Waals surface area (Å²) in [4.78, 5) is 16.9. The second kappa shape index (κ2) is 13.1. The molecule has 0 aliphatic rings. The molecule has 0 radical (unpaired) electrons. The van der Waals surface area contributed by atoms with E-state index in [-0.39, 0.29) is 5.91 Å². The van der Waals surface area contributed by atoms with E-state index in [1.165, 1.54) is 17.3 Å². The smallest absolute Gasteiger partial charge is 0.230 e. The lowest BCUT2D eigenvalue weighted by molar-refractivity contribution is -0.118. The third-order valence-electron chi connectivity index (χ3n) is 5.32. The van der Waals surface area contributed by atoms with Gasteiger partial charge in [-0.3, -0.25) is 4.79 Å². The summed E-state index contributed by atoms with van der Waals surface area (Å²) >= 11 is 1.53. The molecule has 1 N–H and O–H groups in total. The molecule has 1 aromatic heterocycles. The average molecular weight is 483 g/mol. The van der Waals surface area contributed by atoms with Crippen molar-refractivity contribution in [1.29, 1.82) is 0 Å². The lowest BCUT2D eigenvalue weighted by Gasteiger charge is -2.12. The molecule has 0 atom stereocenters. The molecule has 7 heteroatoms. The zero-order valence-corrected chi connectivity index (χ0v) is 21.3. The van der Waals surface area contributed by atoms with E-state index in [4.69, 9.17) is 13.9 Å². The van der Waals surface area contributed by atoms with Crippen LogP contribution in [-0.4, -0.2) is 36.4 Å². The van der Waals surface area contributed by atoms with Crippen molar-refractivity contribution < 1.29 is 18.7 Å². The first-order valence-electron chi connectivity index (χ1n) is 11.8. The highest BCUT2D eigenvalue weighted by Gasteiger charge is 2.13. The number of oxazole rings is 1. The topological polar surface area (TPSA) is 73.6 Å². The Morgan fingerprint density at radius 1 is 1.00 bits per heavy atom. The molecule has 0 saturated heterocycles. The molecule has 0 unspecified atom stereocenters. The average Bonchev–Trinajstić information content (AvgIpc) is 3.21. The van der Waals surface area contributed by atoms with Crippen molar-refractivity contribution in [2.45, 2.75) is 46.3 Å². The molecule has 2 aromatic carbocycles. The summed E-state index contributed by atoms with van der Waals surface area (Å²) in [7, 11) is 0. The Morgan fingerprint density at radius 3 is 2.41 bits per heavy atom. The Balaban J connectivity index is 1.43. The molecule has 3 rings (SSSR count). The van der Waals surface area contributed by atoms with E-state index in [1.807, 2.05) is 51.1 Å². The maximum Gasteiger partial charge on any atom is 0.230 e. The van der Waals surface area contributed by atoms with Crippen LogP contribution in [-0.2, 0) is 23.4 Å². The van der Waals surface area contributed by atoms with Gasteiger partial charge in [-0.2, -0.15) is 0 Å². The van der Waals surface area contributed by atoms with Gasteiger partial charge in [-0.25, -0.2) is 4.98 Å². The van der Waals surface area contributed by atoms with Gasteiger partial charge in [-0.15, -0.1) is 11.8 Å². The number of carbonyl (C=O) groups excluding carboxylic acids is 1. The number of ether oxygens (including phenoxy) is 2. The molecule has 34 heavy (non-hydrogen) atoms. The molecule has 0 spiro atoms. The number of nitrogens with zero attached hydrogens (tertiary/aromatic N) is 1. The van der Waals surface area contributed by atoms with Gasteiger partial charge in [-0.1, -0.05) is 25.1 Å². The van der Waals surface area contributed by atoms with E-state index in [2.05, 4.69) is 29.4 Å². The minimum atomic E-state index is 0.0116. The summed E-state index contributed by atoms with van der Waals surface area (Å²) in [6.07, 6.45) is 1.73. The highest BCUT2D eigenvalue weighted by atomic mass is 32.2. The molecular formula is C27H34N2O4S. The summed E-state index contributed by atoms with van der Waals surface area (Å²) in [6, 6.07) is 14.2. The maximum absolute atomic E-state index is 12.3. The van der Waals surface area contributed by atoms with Gasteiger partial charge in [-0.05, 0) is 69.0 Å². The van der Waals surface area contributed by atoms with Gasteiger partial charge in [0.2, 0.25) is 11.8 Å². The third-order valence-corrected chi connectivity index (χ3v) is 6.26. The largest absolute Gasteiger partial charge is 0.490 e. The SMILES string of the molecule is CCOc1ccc(CCNC(=O)CSCc2nc(-c3ccc(CC)cc3)oc2C)cc1OCC. The standard InChI is InChI=1S/C27H34N2O4S/c1-5-20-8-11-22(12-9-20)27-29-23(19(4)33-27)17-34-18-26(30)28-15-14-21-10-13-24(31-6-2)25(16-21)32-7-3/h8-13,16H,5-7,14-15,17-18H2,1-4H3,(H,28,30). The van der Waals surface area contributed by atoms with E-state index in [0.717, 1.165) is 46.9 Å². The molecule has 182 valence electrons. The third kappa shape index (κ3) is 7.29. The first-order chi connectivity index (χ1) is 16.5. The van der Waals surface area contributed by atoms with Gasteiger partial charge in [0.25, 0.3) is 0 Å². The van der Waals surface area contributed by atoms with Crippen molar-refractivity contribution in [3.05, 3.63) is 65.0 Å². The number of thioether (sulfide) groups is 1. The fourth-order valence-electron chi connectivity index (χ4n) is 3.46. The van der Waals surface area contributed by atoms with Crippen molar-refractivity contribution in [2.75, 3.05) is 25.5 Å². The second-order valence-corrected chi connectivity index (χ2v) is 8.80. The summed E-state index contributed by atoms with van der Waals surface area (Å²) < 4.78 is 17.1. The Morgan fingerprint density at radius 2 is 1.71 bits per heavy atom. The Kier molecular flexibility index (Phi) is 9.89. The van der Waals surface area contributed by atoms with Crippen LogP contribution in [0.25, 0.3) is 11.5 Å². The number of aryl methyl sites for hydroxylation is 2. The van der Waals surface area contributed by atoms with Crippen molar-refractivity contribution >= 4 is 17.7 Å². The Bertz CT molecular complexity index is 1060. The first kappa shape index (κ1) is 25.7. The number of hydrogen-bond acceptors (Lipinski definition) is 6. The number of amides is 1. The van der Waals surface area contributed by atoms with Crippen LogP contribution < -0.4 is 14.8 Å². The zero-order chi connectivity index (χ0) is 24.3. The molecule has 0 bridgehead atoms. The molecule has 6 nitrogen and oxygen atoms in total. The van der Waals surface area contributed by atoms with Crippen molar-refractivity contribution in [1.82, 2.24) is 10.3 Å². The second-order valence-electron chi connectivity index (χ2n) is 7.81. The van der Waals surface area contributed by atoms with Crippen LogP contribution in [0.2, 0.25) is 0 Å². The number of nitrogens with one attached hydrogen (secondary N) is 1. The van der Waals surface area contributed by atoms with Crippen LogP contribution in [0, 0.1) is 6.92 Å². The number of aromatic nitrogens is 1. The first-order valence-corrected chi connectivity index (χ1v) is 13.0. The monoisotopic (exact) mass is 482 g/mol. The van der Waals surface area contributed by atoms with Crippen molar-refractivity contribution in [3.8, 4) is 23.0 Å².